The maximum absolute atomic E-state index is 12.1. The number of rotatable bonds is 7. The molecule has 0 unspecified atom stereocenters. The lowest BCUT2D eigenvalue weighted by Gasteiger charge is -2.13. The number of Topliss-reactive ketones (excluding diaryl/α,β-unsaturated/α-hetero) is 1. The van der Waals surface area contributed by atoms with E-state index in [1.54, 1.807) is 19.1 Å². The van der Waals surface area contributed by atoms with Crippen molar-refractivity contribution in [2.45, 2.75) is 31.6 Å². The predicted octanol–water partition coefficient (Wildman–Crippen LogP) is 3.69. The molecule has 140 valence electrons. The molecule has 0 heterocycles. The van der Waals surface area contributed by atoms with E-state index in [9.17, 15) is 14.4 Å². The minimum Gasteiger partial charge on any atom is -0.468 e. The number of benzene rings is 2. The molecule has 0 amide bonds. The number of methoxy groups -OCH3 is 1. The Bertz CT molecular complexity index is 845. The van der Waals surface area contributed by atoms with Gasteiger partial charge < -0.3 is 9.47 Å². The first kappa shape index (κ1) is 18.8. The van der Waals surface area contributed by atoms with Crippen molar-refractivity contribution in [2.75, 3.05) is 13.7 Å². The third-order valence-corrected chi connectivity index (χ3v) is 4.91. The smallest absolute Gasteiger partial charge is 0.316 e. The summed E-state index contributed by atoms with van der Waals surface area (Å²) >= 11 is 0. The van der Waals surface area contributed by atoms with Gasteiger partial charge in [0.05, 0.1) is 19.1 Å². The number of carbonyl (C=O) groups is 3. The van der Waals surface area contributed by atoms with Crippen LogP contribution in [-0.4, -0.2) is 31.4 Å². The molecular weight excluding hydrogens is 344 g/mol. The van der Waals surface area contributed by atoms with Crippen molar-refractivity contribution in [3.8, 4) is 11.1 Å². The van der Waals surface area contributed by atoms with Gasteiger partial charge in [0.1, 0.15) is 6.42 Å². The SMILES string of the molecule is CCOC(=O)CC(=O)c1ccc(-c2ccc(C3(C(=O)OC)CC3)cc2)cc1. The summed E-state index contributed by atoms with van der Waals surface area (Å²) in [6.45, 7) is 1.97. The van der Waals surface area contributed by atoms with Crippen LogP contribution in [0.4, 0.5) is 0 Å². The lowest BCUT2D eigenvalue weighted by Crippen LogP contribution is -2.21. The Labute approximate surface area is 158 Å². The number of hydrogen-bond donors (Lipinski definition) is 0. The number of hydrogen-bond acceptors (Lipinski definition) is 5. The Morgan fingerprint density at radius 2 is 1.48 bits per heavy atom. The van der Waals surface area contributed by atoms with Gasteiger partial charge in [-0.2, -0.15) is 0 Å². The van der Waals surface area contributed by atoms with Crippen LogP contribution in [0.1, 0.15) is 42.1 Å². The van der Waals surface area contributed by atoms with E-state index in [2.05, 4.69) is 0 Å². The second-order valence-corrected chi connectivity index (χ2v) is 6.63. The van der Waals surface area contributed by atoms with Crippen molar-refractivity contribution in [1.29, 1.82) is 0 Å². The van der Waals surface area contributed by atoms with Gasteiger partial charge in [-0.3, -0.25) is 14.4 Å². The average molecular weight is 366 g/mol. The fraction of sp³-hybridized carbons (Fsp3) is 0.318. The average Bonchev–Trinajstić information content (AvgIpc) is 3.50. The van der Waals surface area contributed by atoms with Crippen LogP contribution in [0, 0.1) is 0 Å². The number of esters is 2. The lowest BCUT2D eigenvalue weighted by atomic mass is 9.93. The highest BCUT2D eigenvalue weighted by Crippen LogP contribution is 2.49. The molecular formula is C22H22O5. The van der Waals surface area contributed by atoms with Gasteiger partial charge in [0.2, 0.25) is 0 Å². The highest BCUT2D eigenvalue weighted by Gasteiger charge is 2.52. The maximum Gasteiger partial charge on any atom is 0.316 e. The van der Waals surface area contributed by atoms with Crippen molar-refractivity contribution in [2.24, 2.45) is 0 Å². The van der Waals surface area contributed by atoms with Crippen LogP contribution in [0.25, 0.3) is 11.1 Å². The van der Waals surface area contributed by atoms with Gasteiger partial charge in [0.25, 0.3) is 0 Å². The zero-order chi connectivity index (χ0) is 19.4. The molecule has 2 aromatic carbocycles. The van der Waals surface area contributed by atoms with Gasteiger partial charge in [-0.25, -0.2) is 0 Å². The Morgan fingerprint density at radius 1 is 0.926 bits per heavy atom. The van der Waals surface area contributed by atoms with E-state index in [-0.39, 0.29) is 24.8 Å². The summed E-state index contributed by atoms with van der Waals surface area (Å²) in [5, 5.41) is 0. The van der Waals surface area contributed by atoms with Crippen molar-refractivity contribution < 1.29 is 23.9 Å². The van der Waals surface area contributed by atoms with Crippen LogP contribution in [0.5, 0.6) is 0 Å². The normalized spacial score (nSPS) is 14.3. The van der Waals surface area contributed by atoms with Crippen LogP contribution in [0.15, 0.2) is 48.5 Å². The third kappa shape index (κ3) is 3.92. The molecule has 0 spiro atoms. The molecule has 1 aliphatic carbocycles. The molecule has 0 radical (unpaired) electrons. The van der Waals surface area contributed by atoms with E-state index < -0.39 is 11.4 Å². The summed E-state index contributed by atoms with van der Waals surface area (Å²) in [6.07, 6.45) is 1.38. The predicted molar refractivity (Wildman–Crippen MR) is 100 cm³/mol. The maximum atomic E-state index is 12.1. The van der Waals surface area contributed by atoms with Crippen molar-refractivity contribution in [3.05, 3.63) is 59.7 Å². The quantitative estimate of drug-likeness (QED) is 0.425. The van der Waals surface area contributed by atoms with E-state index in [0.29, 0.717) is 5.56 Å². The Morgan fingerprint density at radius 3 is 1.96 bits per heavy atom. The lowest BCUT2D eigenvalue weighted by molar-refractivity contribution is -0.144. The molecule has 2 aromatic rings. The molecule has 0 aliphatic heterocycles. The first-order chi connectivity index (χ1) is 13.0. The molecule has 0 N–H and O–H groups in total. The van der Waals surface area contributed by atoms with Crippen LogP contribution in [-0.2, 0) is 24.5 Å². The summed E-state index contributed by atoms with van der Waals surface area (Å²) < 4.78 is 9.72. The van der Waals surface area contributed by atoms with Crippen LogP contribution in [0.3, 0.4) is 0 Å². The van der Waals surface area contributed by atoms with E-state index >= 15 is 0 Å². The molecule has 1 saturated carbocycles. The minimum atomic E-state index is -0.512. The molecule has 0 aromatic heterocycles. The molecule has 3 rings (SSSR count). The van der Waals surface area contributed by atoms with Gasteiger partial charge >= 0.3 is 11.9 Å². The fourth-order valence-electron chi connectivity index (χ4n) is 3.21. The molecule has 27 heavy (non-hydrogen) atoms. The largest absolute Gasteiger partial charge is 0.468 e. The number of ketones is 1. The van der Waals surface area contributed by atoms with Crippen molar-refractivity contribution >= 4 is 17.7 Å². The van der Waals surface area contributed by atoms with Gasteiger partial charge in [0, 0.05) is 5.56 Å². The third-order valence-electron chi connectivity index (χ3n) is 4.91. The summed E-state index contributed by atoms with van der Waals surface area (Å²) in [4.78, 5) is 35.5. The summed E-state index contributed by atoms with van der Waals surface area (Å²) in [5.74, 6) is -0.953. The highest BCUT2D eigenvalue weighted by molar-refractivity contribution is 6.06. The summed E-state index contributed by atoms with van der Waals surface area (Å²) in [6, 6.07) is 15.0. The zero-order valence-electron chi connectivity index (χ0n) is 15.5. The second-order valence-electron chi connectivity index (χ2n) is 6.63. The van der Waals surface area contributed by atoms with Gasteiger partial charge in [0.15, 0.2) is 5.78 Å². The highest BCUT2D eigenvalue weighted by atomic mass is 16.5. The molecule has 0 atom stereocenters. The summed E-state index contributed by atoms with van der Waals surface area (Å²) in [5.41, 5.74) is 2.92. The minimum absolute atomic E-state index is 0.181. The first-order valence-electron chi connectivity index (χ1n) is 8.98. The van der Waals surface area contributed by atoms with Crippen molar-refractivity contribution in [1.82, 2.24) is 0 Å². The molecule has 1 fully saturated rings. The van der Waals surface area contributed by atoms with E-state index in [1.807, 2.05) is 36.4 Å². The Hall–Kier alpha value is -2.95. The van der Waals surface area contributed by atoms with E-state index in [4.69, 9.17) is 9.47 Å². The standard InChI is InChI=1S/C22H22O5/c1-3-27-20(24)14-19(23)17-6-4-15(5-7-17)16-8-10-18(11-9-16)22(12-13-22)21(25)26-2/h4-11H,3,12-14H2,1-2H3. The monoisotopic (exact) mass is 366 g/mol. The number of carbonyl (C=O) groups excluding carboxylic acids is 3. The zero-order valence-corrected chi connectivity index (χ0v) is 15.5. The molecule has 0 bridgehead atoms. The molecule has 5 nitrogen and oxygen atoms in total. The molecule has 0 saturated heterocycles. The van der Waals surface area contributed by atoms with E-state index in [0.717, 1.165) is 29.5 Å². The van der Waals surface area contributed by atoms with Crippen LogP contribution >= 0.6 is 0 Å². The topological polar surface area (TPSA) is 69.7 Å². The van der Waals surface area contributed by atoms with Crippen molar-refractivity contribution in [3.63, 3.8) is 0 Å². The fourth-order valence-corrected chi connectivity index (χ4v) is 3.21. The van der Waals surface area contributed by atoms with Gasteiger partial charge in [-0.1, -0.05) is 48.5 Å². The van der Waals surface area contributed by atoms with Crippen LogP contribution < -0.4 is 0 Å². The van der Waals surface area contributed by atoms with Gasteiger partial charge in [-0.05, 0) is 36.5 Å². The van der Waals surface area contributed by atoms with Crippen LogP contribution in [0.2, 0.25) is 0 Å². The summed E-state index contributed by atoms with van der Waals surface area (Å²) in [7, 11) is 1.42. The Balaban J connectivity index is 1.71. The molecule has 5 heteroatoms. The van der Waals surface area contributed by atoms with Gasteiger partial charge in [-0.15, -0.1) is 0 Å². The number of ether oxygens (including phenoxy) is 2. The second kappa shape index (κ2) is 7.74. The Kier molecular flexibility index (Phi) is 5.40. The van der Waals surface area contributed by atoms with E-state index in [1.165, 1.54) is 7.11 Å². The molecule has 1 aliphatic rings. The first-order valence-corrected chi connectivity index (χ1v) is 8.98.